The van der Waals surface area contributed by atoms with Gasteiger partial charge in [0, 0.05) is 17.7 Å². The summed E-state index contributed by atoms with van der Waals surface area (Å²) in [6.07, 6.45) is 2.65. The highest BCUT2D eigenvalue weighted by Crippen LogP contribution is 2.19. The van der Waals surface area contributed by atoms with Gasteiger partial charge in [-0.25, -0.2) is 4.90 Å². The smallest absolute Gasteiger partial charge is 0.258 e. The predicted molar refractivity (Wildman–Crippen MR) is 65.2 cm³/mol. The molecule has 2 amide bonds. The summed E-state index contributed by atoms with van der Waals surface area (Å²) in [5, 5.41) is 8.35. The predicted octanol–water partition coefficient (Wildman–Crippen LogP) is 1.38. The van der Waals surface area contributed by atoms with E-state index in [1.54, 1.807) is 24.3 Å². The van der Waals surface area contributed by atoms with Crippen LogP contribution in [-0.2, 0) is 9.59 Å². The second-order valence-electron chi connectivity index (χ2n) is 3.53. The second kappa shape index (κ2) is 4.99. The molecule has 0 radical (unpaired) electrons. The highest BCUT2D eigenvalue weighted by atomic mass is 16.2. The van der Waals surface area contributed by atoms with Gasteiger partial charge in [0.2, 0.25) is 0 Å². The van der Waals surface area contributed by atoms with Crippen LogP contribution >= 0.6 is 0 Å². The lowest BCUT2D eigenvalue weighted by Gasteiger charge is -2.13. The molecule has 1 heterocycles. The first-order valence-corrected chi connectivity index (χ1v) is 5.24. The van der Waals surface area contributed by atoms with Crippen LogP contribution in [0.2, 0.25) is 0 Å². The summed E-state index contributed by atoms with van der Waals surface area (Å²) in [6, 6.07) is 8.64. The lowest BCUT2D eigenvalue weighted by atomic mass is 10.2. The number of hydrogen-bond acceptors (Lipinski definition) is 3. The van der Waals surface area contributed by atoms with E-state index < -0.39 is 0 Å². The maximum atomic E-state index is 11.4. The number of carbonyl (C=O) groups is 2. The molecule has 0 aromatic heterocycles. The first kappa shape index (κ1) is 11.6. The summed E-state index contributed by atoms with van der Waals surface area (Å²) in [5.41, 5.74) is 1.25. The Morgan fingerprint density at radius 2 is 1.67 bits per heavy atom. The average molecular weight is 236 g/mol. The summed E-state index contributed by atoms with van der Waals surface area (Å²) >= 11 is 0. The van der Waals surface area contributed by atoms with Crippen LogP contribution in [0.3, 0.4) is 0 Å². The maximum Gasteiger partial charge on any atom is 0.258 e. The molecule has 0 saturated carbocycles. The zero-order valence-corrected chi connectivity index (χ0v) is 9.38. The molecule has 1 aliphatic heterocycles. The van der Waals surface area contributed by atoms with E-state index in [9.17, 15) is 9.59 Å². The summed E-state index contributed by atoms with van der Waals surface area (Å²) in [5.74, 6) is 4.81. The van der Waals surface area contributed by atoms with E-state index in [1.165, 1.54) is 12.2 Å². The Morgan fingerprint density at radius 3 is 2.22 bits per heavy atom. The molecule has 0 unspecified atom stereocenters. The molecule has 0 saturated heterocycles. The molecule has 0 bridgehead atoms. The molecule has 4 nitrogen and oxygen atoms in total. The Labute approximate surface area is 104 Å². The lowest BCUT2D eigenvalue weighted by Crippen LogP contribution is -2.29. The normalized spacial score (nSPS) is 13.2. The fraction of sp³-hybridized carbons (Fsp3) is 0.0714. The van der Waals surface area contributed by atoms with Crippen molar-refractivity contribution in [2.24, 2.45) is 0 Å². The largest absolute Gasteiger partial charge is 0.269 e. The van der Waals surface area contributed by atoms with Crippen LogP contribution in [0.25, 0.3) is 0 Å². The van der Waals surface area contributed by atoms with Gasteiger partial charge in [0.05, 0.1) is 18.2 Å². The van der Waals surface area contributed by atoms with Gasteiger partial charge in [-0.1, -0.05) is 11.8 Å². The van der Waals surface area contributed by atoms with Gasteiger partial charge in [0.1, 0.15) is 0 Å². The van der Waals surface area contributed by atoms with Crippen molar-refractivity contribution in [2.45, 2.75) is 6.42 Å². The Bertz CT molecular complexity index is 606. The zero-order valence-electron chi connectivity index (χ0n) is 9.38. The number of carbonyl (C=O) groups excluding carboxylic acids is 2. The second-order valence-corrected chi connectivity index (χ2v) is 3.53. The third kappa shape index (κ3) is 2.28. The van der Waals surface area contributed by atoms with Crippen molar-refractivity contribution in [3.05, 3.63) is 42.0 Å². The standard InChI is InChI=1S/C14H8N2O2/c15-10-2-1-3-11-4-6-12(7-5-11)16-13(17)8-9-14(16)18/h4-9H,2H2. The molecule has 0 atom stereocenters. The third-order valence-electron chi connectivity index (χ3n) is 2.33. The topological polar surface area (TPSA) is 61.2 Å². The van der Waals surface area contributed by atoms with Crippen LogP contribution in [0, 0.1) is 23.2 Å². The van der Waals surface area contributed by atoms with Gasteiger partial charge in [0.15, 0.2) is 0 Å². The minimum absolute atomic E-state index is 0.175. The molecule has 2 rings (SSSR count). The quantitative estimate of drug-likeness (QED) is 0.546. The van der Waals surface area contributed by atoms with Crippen LogP contribution < -0.4 is 4.90 Å². The van der Waals surface area contributed by atoms with Crippen LogP contribution in [0.15, 0.2) is 36.4 Å². The minimum Gasteiger partial charge on any atom is -0.269 e. The van der Waals surface area contributed by atoms with E-state index in [1.807, 2.05) is 6.07 Å². The van der Waals surface area contributed by atoms with Crippen molar-refractivity contribution in [1.82, 2.24) is 0 Å². The van der Waals surface area contributed by atoms with E-state index in [4.69, 9.17) is 5.26 Å². The number of benzene rings is 1. The molecule has 1 aliphatic rings. The number of rotatable bonds is 1. The summed E-state index contributed by atoms with van der Waals surface area (Å²) < 4.78 is 0. The van der Waals surface area contributed by atoms with Crippen molar-refractivity contribution in [2.75, 3.05) is 4.90 Å². The first-order chi connectivity index (χ1) is 8.72. The molecule has 18 heavy (non-hydrogen) atoms. The minimum atomic E-state index is -0.344. The lowest BCUT2D eigenvalue weighted by molar-refractivity contribution is -0.119. The fourth-order valence-corrected chi connectivity index (χ4v) is 1.53. The number of hydrogen-bond donors (Lipinski definition) is 0. The van der Waals surface area contributed by atoms with Gasteiger partial charge in [-0.05, 0) is 24.3 Å². The van der Waals surface area contributed by atoms with Crippen molar-refractivity contribution in [1.29, 1.82) is 5.26 Å². The molecule has 1 aromatic rings. The van der Waals surface area contributed by atoms with Gasteiger partial charge in [-0.15, -0.1) is 0 Å². The number of anilines is 1. The Morgan fingerprint density at radius 1 is 1.06 bits per heavy atom. The van der Waals surface area contributed by atoms with Gasteiger partial charge in [-0.3, -0.25) is 9.59 Å². The maximum absolute atomic E-state index is 11.4. The Balaban J connectivity index is 2.19. The summed E-state index contributed by atoms with van der Waals surface area (Å²) in [4.78, 5) is 24.0. The SMILES string of the molecule is N#CCC#Cc1ccc(N2C(=O)C=CC2=O)cc1. The van der Waals surface area contributed by atoms with Crippen LogP contribution in [0.5, 0.6) is 0 Å². The molecule has 1 aromatic carbocycles. The zero-order chi connectivity index (χ0) is 13.0. The Kier molecular flexibility index (Phi) is 3.22. The van der Waals surface area contributed by atoms with E-state index in [0.29, 0.717) is 5.69 Å². The van der Waals surface area contributed by atoms with Gasteiger partial charge in [-0.2, -0.15) is 5.26 Å². The highest BCUT2D eigenvalue weighted by molar-refractivity contribution is 6.28. The molecular formula is C14H8N2O2. The van der Waals surface area contributed by atoms with Crippen molar-refractivity contribution >= 4 is 17.5 Å². The molecule has 0 fully saturated rings. The number of nitriles is 1. The van der Waals surface area contributed by atoms with Crippen molar-refractivity contribution in [3.8, 4) is 17.9 Å². The summed E-state index contributed by atoms with van der Waals surface area (Å²) in [6.45, 7) is 0. The fourth-order valence-electron chi connectivity index (χ4n) is 1.53. The van der Waals surface area contributed by atoms with Gasteiger partial charge < -0.3 is 0 Å². The average Bonchev–Trinajstić information content (AvgIpc) is 2.71. The van der Waals surface area contributed by atoms with Crippen molar-refractivity contribution in [3.63, 3.8) is 0 Å². The molecular weight excluding hydrogens is 228 g/mol. The monoisotopic (exact) mass is 236 g/mol. The molecule has 86 valence electrons. The third-order valence-corrected chi connectivity index (χ3v) is 2.33. The van der Waals surface area contributed by atoms with E-state index in [2.05, 4.69) is 11.8 Å². The van der Waals surface area contributed by atoms with E-state index in [0.717, 1.165) is 10.5 Å². The van der Waals surface area contributed by atoms with Gasteiger partial charge in [0.25, 0.3) is 11.8 Å². The molecule has 0 spiro atoms. The van der Waals surface area contributed by atoms with E-state index in [-0.39, 0.29) is 18.2 Å². The molecule has 0 N–H and O–H groups in total. The van der Waals surface area contributed by atoms with E-state index >= 15 is 0 Å². The molecule has 0 aliphatic carbocycles. The van der Waals surface area contributed by atoms with Crippen LogP contribution in [0.1, 0.15) is 12.0 Å². The van der Waals surface area contributed by atoms with Gasteiger partial charge >= 0.3 is 0 Å². The van der Waals surface area contributed by atoms with Crippen LogP contribution in [0.4, 0.5) is 5.69 Å². The van der Waals surface area contributed by atoms with Crippen molar-refractivity contribution < 1.29 is 9.59 Å². The highest BCUT2D eigenvalue weighted by Gasteiger charge is 2.24. The first-order valence-electron chi connectivity index (χ1n) is 5.24. The number of amides is 2. The Hall–Kier alpha value is -2.85. The molecule has 4 heteroatoms. The number of imide groups is 1. The number of nitrogens with zero attached hydrogens (tertiary/aromatic N) is 2. The van der Waals surface area contributed by atoms with Crippen LogP contribution in [-0.4, -0.2) is 11.8 Å². The summed E-state index contributed by atoms with van der Waals surface area (Å²) in [7, 11) is 0.